The van der Waals surface area contributed by atoms with Crippen LogP contribution in [0.1, 0.15) is 6.42 Å². The third-order valence-corrected chi connectivity index (χ3v) is 2.41. The number of rotatable bonds is 3. The summed E-state index contributed by atoms with van der Waals surface area (Å²) in [6.07, 6.45) is 0.431. The first kappa shape index (κ1) is 9.61. The molecule has 0 spiro atoms. The molecule has 0 aliphatic heterocycles. The quantitative estimate of drug-likeness (QED) is 0.633. The second kappa shape index (κ2) is 3.11. The molecule has 0 aromatic carbocycles. The highest BCUT2D eigenvalue weighted by Crippen LogP contribution is 2.53. The van der Waals surface area contributed by atoms with Crippen LogP contribution in [0.25, 0.3) is 0 Å². The second-order valence-electron chi connectivity index (χ2n) is 2.70. The Balaban J connectivity index is 2.27. The Hall–Kier alpha value is -0.480. The smallest absolute Gasteiger partial charge is 0.236 e. The van der Waals surface area contributed by atoms with Gasteiger partial charge in [-0.2, -0.15) is 0 Å². The van der Waals surface area contributed by atoms with Gasteiger partial charge in [0.05, 0.1) is 12.5 Å². The van der Waals surface area contributed by atoms with Gasteiger partial charge < -0.3 is 11.1 Å². The van der Waals surface area contributed by atoms with Gasteiger partial charge >= 0.3 is 0 Å². The minimum absolute atomic E-state index is 0.167. The average molecular weight is 211 g/mol. The number of nitrogens with two attached hydrogens (primary N) is 1. The maximum atomic E-state index is 11.0. The van der Waals surface area contributed by atoms with Crippen LogP contribution in [0.15, 0.2) is 0 Å². The van der Waals surface area contributed by atoms with E-state index in [0.717, 1.165) is 0 Å². The molecule has 0 aromatic rings. The Kier molecular flexibility index (Phi) is 2.49. The summed E-state index contributed by atoms with van der Waals surface area (Å²) in [6.45, 7) is -0.167. The SMILES string of the molecule is NC(=O)CNC(=O)C1CC1(Cl)Cl. The Morgan fingerprint density at radius 3 is 2.42 bits per heavy atom. The summed E-state index contributed by atoms with van der Waals surface area (Å²) in [5.74, 6) is -1.31. The van der Waals surface area contributed by atoms with Crippen molar-refractivity contribution in [3.05, 3.63) is 0 Å². The van der Waals surface area contributed by atoms with E-state index in [0.29, 0.717) is 6.42 Å². The normalized spacial score (nSPS) is 24.7. The summed E-state index contributed by atoms with van der Waals surface area (Å²) in [5.41, 5.74) is 4.81. The zero-order valence-corrected chi connectivity index (χ0v) is 7.65. The molecule has 1 aliphatic carbocycles. The highest BCUT2D eigenvalue weighted by molar-refractivity contribution is 6.52. The predicted molar refractivity (Wildman–Crippen MR) is 44.7 cm³/mol. The number of carbonyl (C=O) groups excluding carboxylic acids is 2. The fourth-order valence-electron chi connectivity index (χ4n) is 0.795. The minimum Gasteiger partial charge on any atom is -0.368 e. The highest BCUT2D eigenvalue weighted by Gasteiger charge is 2.56. The maximum Gasteiger partial charge on any atom is 0.236 e. The van der Waals surface area contributed by atoms with Crippen LogP contribution in [0, 0.1) is 5.92 Å². The molecule has 1 atom stereocenters. The van der Waals surface area contributed by atoms with Gasteiger partial charge in [0, 0.05) is 0 Å². The number of carbonyl (C=O) groups is 2. The van der Waals surface area contributed by atoms with E-state index in [1.54, 1.807) is 0 Å². The van der Waals surface area contributed by atoms with E-state index < -0.39 is 16.2 Å². The van der Waals surface area contributed by atoms with Crippen LogP contribution in [0.4, 0.5) is 0 Å². The second-order valence-corrected chi connectivity index (χ2v) is 4.24. The van der Waals surface area contributed by atoms with Crippen LogP contribution in [0.5, 0.6) is 0 Å². The summed E-state index contributed by atoms with van der Waals surface area (Å²) in [7, 11) is 0. The van der Waals surface area contributed by atoms with Gasteiger partial charge in [-0.3, -0.25) is 9.59 Å². The third-order valence-electron chi connectivity index (χ3n) is 1.58. The fraction of sp³-hybridized carbons (Fsp3) is 0.667. The van der Waals surface area contributed by atoms with Crippen LogP contribution in [0.3, 0.4) is 0 Å². The Morgan fingerprint density at radius 1 is 1.58 bits per heavy atom. The number of alkyl halides is 2. The van der Waals surface area contributed by atoms with Crippen LogP contribution in [-0.2, 0) is 9.59 Å². The highest BCUT2D eigenvalue weighted by atomic mass is 35.5. The van der Waals surface area contributed by atoms with Gasteiger partial charge in [0.25, 0.3) is 0 Å². The molecule has 68 valence electrons. The number of hydrogen-bond donors (Lipinski definition) is 2. The monoisotopic (exact) mass is 210 g/mol. The molecule has 0 radical (unpaired) electrons. The van der Waals surface area contributed by atoms with E-state index in [4.69, 9.17) is 28.9 Å². The maximum absolute atomic E-state index is 11.0. The van der Waals surface area contributed by atoms with Crippen molar-refractivity contribution < 1.29 is 9.59 Å². The van der Waals surface area contributed by atoms with E-state index in [9.17, 15) is 9.59 Å². The predicted octanol–water partition coefficient (Wildman–Crippen LogP) is -0.218. The van der Waals surface area contributed by atoms with Crippen molar-refractivity contribution in [2.75, 3.05) is 6.54 Å². The van der Waals surface area contributed by atoms with Crippen LogP contribution >= 0.6 is 23.2 Å². The molecule has 0 saturated heterocycles. The van der Waals surface area contributed by atoms with Gasteiger partial charge in [-0.15, -0.1) is 23.2 Å². The summed E-state index contributed by atoms with van der Waals surface area (Å²) in [5, 5.41) is 2.32. The van der Waals surface area contributed by atoms with E-state index in [2.05, 4.69) is 5.32 Å². The van der Waals surface area contributed by atoms with Gasteiger partial charge in [-0.25, -0.2) is 0 Å². The fourth-order valence-corrected chi connectivity index (χ4v) is 1.30. The first-order valence-corrected chi connectivity index (χ1v) is 4.13. The molecule has 6 heteroatoms. The molecule has 1 saturated carbocycles. The van der Waals surface area contributed by atoms with Crippen LogP contribution < -0.4 is 11.1 Å². The third kappa shape index (κ3) is 2.25. The topological polar surface area (TPSA) is 72.2 Å². The standard InChI is InChI=1S/C6H8Cl2N2O2/c7-6(8)1-3(6)5(12)10-2-4(9)11/h3H,1-2H2,(H2,9,11)(H,10,12). The Labute approximate surface area is 79.4 Å². The summed E-state index contributed by atoms with van der Waals surface area (Å²) in [4.78, 5) is 21.3. The summed E-state index contributed by atoms with van der Waals surface area (Å²) < 4.78 is -0.943. The molecule has 1 aliphatic rings. The van der Waals surface area contributed by atoms with Crippen LogP contribution in [0.2, 0.25) is 0 Å². The number of amides is 2. The average Bonchev–Trinajstić information content (AvgIpc) is 2.55. The van der Waals surface area contributed by atoms with Gasteiger partial charge in [-0.1, -0.05) is 0 Å². The molecule has 1 fully saturated rings. The van der Waals surface area contributed by atoms with Gasteiger partial charge in [0.2, 0.25) is 11.8 Å². The van der Waals surface area contributed by atoms with Crippen molar-refractivity contribution in [1.82, 2.24) is 5.32 Å². The Morgan fingerprint density at radius 2 is 2.08 bits per heavy atom. The van der Waals surface area contributed by atoms with E-state index in [-0.39, 0.29) is 12.5 Å². The molecule has 4 nitrogen and oxygen atoms in total. The number of hydrogen-bond acceptors (Lipinski definition) is 2. The zero-order valence-electron chi connectivity index (χ0n) is 6.14. The van der Waals surface area contributed by atoms with E-state index >= 15 is 0 Å². The molecule has 0 heterocycles. The lowest BCUT2D eigenvalue weighted by Crippen LogP contribution is -2.35. The Bertz CT molecular complexity index is 230. The number of halogens is 2. The largest absolute Gasteiger partial charge is 0.368 e. The molecule has 12 heavy (non-hydrogen) atoms. The molecule has 0 bridgehead atoms. The van der Waals surface area contributed by atoms with Crippen molar-refractivity contribution in [3.63, 3.8) is 0 Å². The molecule has 3 N–H and O–H groups in total. The van der Waals surface area contributed by atoms with Crippen molar-refractivity contribution in [3.8, 4) is 0 Å². The van der Waals surface area contributed by atoms with E-state index in [1.165, 1.54) is 0 Å². The lowest BCUT2D eigenvalue weighted by atomic mass is 10.4. The van der Waals surface area contributed by atoms with Crippen LogP contribution in [-0.4, -0.2) is 22.7 Å². The molecule has 1 rings (SSSR count). The van der Waals surface area contributed by atoms with Gasteiger partial charge in [0.1, 0.15) is 4.33 Å². The summed E-state index contributed by atoms with van der Waals surface area (Å²) >= 11 is 11.2. The van der Waals surface area contributed by atoms with Crippen molar-refractivity contribution >= 4 is 35.0 Å². The molecule has 1 unspecified atom stereocenters. The summed E-state index contributed by atoms with van der Waals surface area (Å²) in [6, 6.07) is 0. The number of primary amides is 1. The van der Waals surface area contributed by atoms with Crippen molar-refractivity contribution in [1.29, 1.82) is 0 Å². The molecule has 2 amide bonds. The lowest BCUT2D eigenvalue weighted by molar-refractivity contribution is -0.125. The number of nitrogens with one attached hydrogen (secondary N) is 1. The minimum atomic E-state index is -0.943. The van der Waals surface area contributed by atoms with Crippen molar-refractivity contribution in [2.45, 2.75) is 10.8 Å². The van der Waals surface area contributed by atoms with E-state index in [1.807, 2.05) is 0 Å². The van der Waals surface area contributed by atoms with Gasteiger partial charge in [-0.05, 0) is 6.42 Å². The van der Waals surface area contributed by atoms with Gasteiger partial charge in [0.15, 0.2) is 0 Å². The molecular weight excluding hydrogens is 203 g/mol. The van der Waals surface area contributed by atoms with Crippen molar-refractivity contribution in [2.24, 2.45) is 11.7 Å². The molecular formula is C6H8Cl2N2O2. The zero-order chi connectivity index (χ0) is 9.35. The molecule has 0 aromatic heterocycles. The first-order chi connectivity index (χ1) is 5.43. The first-order valence-electron chi connectivity index (χ1n) is 3.37. The lowest BCUT2D eigenvalue weighted by Gasteiger charge is -2.01.